The molecule has 2 amide bonds. The van der Waals surface area contributed by atoms with E-state index >= 15 is 0 Å². The van der Waals surface area contributed by atoms with E-state index < -0.39 is 0 Å². The van der Waals surface area contributed by atoms with Crippen LogP contribution in [0, 0.1) is 0 Å². The standard InChI is InChI=1S/C19H28N6O.2ClH/c1-23(2)19(26)21-12-17-11-18-14-24(8-9-25(18)22-17)13-16-5-3-4-15(10-16)6-7-20;;/h3-5,10-11H,6-9,12-14,20H2,1-2H3,(H,21,26);2*1H. The average Bonchev–Trinajstić information content (AvgIpc) is 3.02. The third-order valence-electron chi connectivity index (χ3n) is 4.59. The minimum Gasteiger partial charge on any atom is -0.332 e. The number of amides is 2. The molecule has 0 spiro atoms. The van der Waals surface area contributed by atoms with Crippen LogP contribution in [0.5, 0.6) is 0 Å². The number of aromatic nitrogens is 2. The summed E-state index contributed by atoms with van der Waals surface area (Å²) >= 11 is 0. The van der Waals surface area contributed by atoms with Crippen molar-refractivity contribution < 1.29 is 4.79 Å². The van der Waals surface area contributed by atoms with Gasteiger partial charge in [0.15, 0.2) is 0 Å². The van der Waals surface area contributed by atoms with E-state index in [0.717, 1.165) is 38.3 Å². The summed E-state index contributed by atoms with van der Waals surface area (Å²) in [5.74, 6) is 0. The van der Waals surface area contributed by atoms with Crippen molar-refractivity contribution in [2.24, 2.45) is 5.73 Å². The van der Waals surface area contributed by atoms with Crippen LogP contribution in [-0.2, 0) is 32.6 Å². The van der Waals surface area contributed by atoms with Gasteiger partial charge in [0.2, 0.25) is 0 Å². The molecule has 28 heavy (non-hydrogen) atoms. The molecule has 1 aromatic carbocycles. The molecule has 2 aromatic rings. The van der Waals surface area contributed by atoms with E-state index in [1.165, 1.54) is 21.7 Å². The van der Waals surface area contributed by atoms with Crippen LogP contribution in [0.15, 0.2) is 30.3 Å². The summed E-state index contributed by atoms with van der Waals surface area (Å²) in [6, 6.07) is 10.7. The zero-order chi connectivity index (χ0) is 18.5. The van der Waals surface area contributed by atoms with E-state index in [-0.39, 0.29) is 30.8 Å². The third kappa shape index (κ3) is 6.38. The van der Waals surface area contributed by atoms with Crippen LogP contribution in [0.25, 0.3) is 0 Å². The van der Waals surface area contributed by atoms with Crippen molar-refractivity contribution in [3.8, 4) is 0 Å². The van der Waals surface area contributed by atoms with Gasteiger partial charge in [0.1, 0.15) is 0 Å². The number of carbonyl (C=O) groups excluding carboxylic acids is 1. The minimum atomic E-state index is -0.102. The highest BCUT2D eigenvalue weighted by atomic mass is 35.5. The fourth-order valence-corrected chi connectivity index (χ4v) is 3.23. The van der Waals surface area contributed by atoms with E-state index in [4.69, 9.17) is 5.73 Å². The monoisotopic (exact) mass is 428 g/mol. The first kappa shape index (κ1) is 24.2. The SMILES string of the molecule is CN(C)C(=O)NCc1cc2n(n1)CCN(Cc1cccc(CCN)c1)C2.Cl.Cl. The molecule has 0 atom stereocenters. The number of fused-ring (bicyclic) bond motifs is 1. The first-order valence-electron chi connectivity index (χ1n) is 9.06. The number of nitrogens with one attached hydrogen (secondary N) is 1. The van der Waals surface area contributed by atoms with Crippen molar-refractivity contribution in [2.75, 3.05) is 27.2 Å². The predicted molar refractivity (Wildman–Crippen MR) is 116 cm³/mol. The lowest BCUT2D eigenvalue weighted by Gasteiger charge is -2.27. The van der Waals surface area contributed by atoms with Crippen molar-refractivity contribution in [1.29, 1.82) is 0 Å². The summed E-state index contributed by atoms with van der Waals surface area (Å²) < 4.78 is 2.05. The first-order valence-corrected chi connectivity index (χ1v) is 9.06. The summed E-state index contributed by atoms with van der Waals surface area (Å²) in [4.78, 5) is 15.6. The van der Waals surface area contributed by atoms with Crippen molar-refractivity contribution in [3.05, 3.63) is 52.8 Å². The molecule has 0 radical (unpaired) electrons. The van der Waals surface area contributed by atoms with Gasteiger partial charge in [-0.2, -0.15) is 5.10 Å². The molecule has 1 aliphatic rings. The summed E-state index contributed by atoms with van der Waals surface area (Å²) in [6.45, 7) is 4.78. The van der Waals surface area contributed by atoms with Gasteiger partial charge in [-0.05, 0) is 30.2 Å². The molecule has 0 saturated carbocycles. The first-order chi connectivity index (χ1) is 12.5. The highest BCUT2D eigenvalue weighted by molar-refractivity contribution is 5.85. The van der Waals surface area contributed by atoms with Gasteiger partial charge in [0, 0.05) is 33.7 Å². The Hall–Kier alpha value is -1.80. The molecular weight excluding hydrogens is 399 g/mol. The predicted octanol–water partition coefficient (Wildman–Crippen LogP) is 2.01. The van der Waals surface area contributed by atoms with Crippen molar-refractivity contribution in [2.45, 2.75) is 32.6 Å². The Bertz CT molecular complexity index is 765. The molecule has 3 rings (SSSR count). The van der Waals surface area contributed by atoms with Crippen LogP contribution in [0.4, 0.5) is 4.79 Å². The highest BCUT2D eigenvalue weighted by Crippen LogP contribution is 2.17. The molecule has 156 valence electrons. The molecule has 0 saturated heterocycles. The number of hydrogen-bond acceptors (Lipinski definition) is 4. The lowest BCUT2D eigenvalue weighted by molar-refractivity contribution is 0.205. The molecule has 1 aliphatic heterocycles. The summed E-state index contributed by atoms with van der Waals surface area (Å²) in [7, 11) is 3.46. The van der Waals surface area contributed by atoms with Gasteiger partial charge in [0.25, 0.3) is 0 Å². The number of nitrogens with zero attached hydrogens (tertiary/aromatic N) is 4. The molecule has 9 heteroatoms. The highest BCUT2D eigenvalue weighted by Gasteiger charge is 2.19. The minimum absolute atomic E-state index is 0. The van der Waals surface area contributed by atoms with Crippen LogP contribution in [0.3, 0.4) is 0 Å². The third-order valence-corrected chi connectivity index (χ3v) is 4.59. The van der Waals surface area contributed by atoms with Crippen LogP contribution in [-0.4, -0.2) is 52.8 Å². The Morgan fingerprint density at radius 2 is 1.96 bits per heavy atom. The molecule has 1 aromatic heterocycles. The van der Waals surface area contributed by atoms with Gasteiger partial charge in [-0.1, -0.05) is 24.3 Å². The van der Waals surface area contributed by atoms with Gasteiger partial charge in [-0.25, -0.2) is 4.79 Å². The van der Waals surface area contributed by atoms with Crippen molar-refractivity contribution in [3.63, 3.8) is 0 Å². The second-order valence-corrected chi connectivity index (χ2v) is 6.97. The second-order valence-electron chi connectivity index (χ2n) is 6.97. The second kappa shape index (κ2) is 11.3. The van der Waals surface area contributed by atoms with E-state index in [2.05, 4.69) is 50.3 Å². The molecule has 0 unspecified atom stereocenters. The molecule has 0 bridgehead atoms. The number of hydrogen-bond donors (Lipinski definition) is 2. The number of urea groups is 1. The van der Waals surface area contributed by atoms with E-state index in [9.17, 15) is 4.79 Å². The van der Waals surface area contributed by atoms with Crippen molar-refractivity contribution in [1.82, 2.24) is 24.9 Å². The summed E-state index contributed by atoms with van der Waals surface area (Å²) in [5.41, 5.74) is 10.4. The number of carbonyl (C=O) groups is 1. The van der Waals surface area contributed by atoms with Gasteiger partial charge < -0.3 is 16.0 Å². The number of benzene rings is 1. The van der Waals surface area contributed by atoms with Crippen LogP contribution < -0.4 is 11.1 Å². The molecule has 0 fully saturated rings. The van der Waals surface area contributed by atoms with Crippen LogP contribution in [0.1, 0.15) is 22.5 Å². The molecular formula is C19H30Cl2N6O. The van der Waals surface area contributed by atoms with Gasteiger partial charge >= 0.3 is 6.03 Å². The smallest absolute Gasteiger partial charge is 0.317 e. The molecule has 2 heterocycles. The quantitative estimate of drug-likeness (QED) is 0.737. The lowest BCUT2D eigenvalue weighted by atomic mass is 10.1. The van der Waals surface area contributed by atoms with E-state index in [1.807, 2.05) is 0 Å². The molecule has 3 N–H and O–H groups in total. The maximum absolute atomic E-state index is 11.7. The Balaban J connectivity index is 0.00000196. The topological polar surface area (TPSA) is 79.4 Å². The van der Waals surface area contributed by atoms with Gasteiger partial charge in [0.05, 0.1) is 24.5 Å². The normalized spacial score (nSPS) is 13.1. The van der Waals surface area contributed by atoms with E-state index in [0.29, 0.717) is 13.1 Å². The average molecular weight is 429 g/mol. The Labute approximate surface area is 179 Å². The van der Waals surface area contributed by atoms with Gasteiger partial charge in [-0.3, -0.25) is 9.58 Å². The van der Waals surface area contributed by atoms with Crippen molar-refractivity contribution >= 4 is 30.8 Å². The Morgan fingerprint density at radius 3 is 2.68 bits per heavy atom. The van der Waals surface area contributed by atoms with E-state index in [1.54, 1.807) is 14.1 Å². The fraction of sp³-hybridized carbons (Fsp3) is 0.474. The molecule has 7 nitrogen and oxygen atoms in total. The number of nitrogens with two attached hydrogens (primary N) is 1. The Morgan fingerprint density at radius 1 is 1.21 bits per heavy atom. The van der Waals surface area contributed by atoms with Crippen LogP contribution in [0.2, 0.25) is 0 Å². The summed E-state index contributed by atoms with van der Waals surface area (Å²) in [6.07, 6.45) is 0.919. The fourth-order valence-electron chi connectivity index (χ4n) is 3.23. The zero-order valence-electron chi connectivity index (χ0n) is 16.4. The summed E-state index contributed by atoms with van der Waals surface area (Å²) in [5, 5.41) is 7.47. The lowest BCUT2D eigenvalue weighted by Crippen LogP contribution is -2.34. The molecule has 0 aliphatic carbocycles. The van der Waals surface area contributed by atoms with Crippen LogP contribution >= 0.6 is 24.8 Å². The maximum Gasteiger partial charge on any atom is 0.317 e. The zero-order valence-corrected chi connectivity index (χ0v) is 18.1. The maximum atomic E-state index is 11.7. The number of halogens is 2. The number of rotatable bonds is 6. The van der Waals surface area contributed by atoms with Gasteiger partial charge in [-0.15, -0.1) is 24.8 Å². The Kier molecular flexibility index (Phi) is 9.75. The largest absolute Gasteiger partial charge is 0.332 e.